The van der Waals surface area contributed by atoms with E-state index in [-0.39, 0.29) is 0 Å². The predicted octanol–water partition coefficient (Wildman–Crippen LogP) is 8.77. The van der Waals surface area contributed by atoms with Gasteiger partial charge in [-0.25, -0.2) is 0 Å². The first-order chi connectivity index (χ1) is 18.0. The van der Waals surface area contributed by atoms with Crippen LogP contribution in [0.5, 0.6) is 11.5 Å². The monoisotopic (exact) mass is 504 g/mol. The summed E-state index contributed by atoms with van der Waals surface area (Å²) in [6, 6.07) is 30.0. The predicted molar refractivity (Wildman–Crippen MR) is 154 cm³/mol. The van der Waals surface area contributed by atoms with Gasteiger partial charge < -0.3 is 19.4 Å². The minimum atomic E-state index is 0.856. The molecule has 0 aliphatic carbocycles. The molecule has 4 aromatic carbocycles. The number of rotatable bonds is 6. The van der Waals surface area contributed by atoms with Gasteiger partial charge in [0.05, 0.1) is 14.2 Å². The summed E-state index contributed by atoms with van der Waals surface area (Å²) in [4.78, 5) is 9.46. The summed E-state index contributed by atoms with van der Waals surface area (Å²) in [6.07, 6.45) is 0. The van der Waals surface area contributed by atoms with Crippen molar-refractivity contribution in [2.75, 3.05) is 14.2 Å². The van der Waals surface area contributed by atoms with Crippen molar-refractivity contribution in [1.82, 2.24) is 9.97 Å². The number of aromatic nitrogens is 2. The van der Waals surface area contributed by atoms with Gasteiger partial charge in [-0.3, -0.25) is 0 Å². The Bertz CT molecular complexity index is 1630. The van der Waals surface area contributed by atoms with Crippen molar-refractivity contribution in [3.8, 4) is 33.8 Å². The van der Waals surface area contributed by atoms with Crippen molar-refractivity contribution < 1.29 is 9.47 Å². The zero-order valence-corrected chi connectivity index (χ0v) is 22.1. The second-order valence-electron chi connectivity index (χ2n) is 9.23. The number of aromatic amines is 2. The highest BCUT2D eigenvalue weighted by Gasteiger charge is 2.14. The Labute approximate surface area is 220 Å². The molecule has 0 aliphatic rings. The summed E-state index contributed by atoms with van der Waals surface area (Å²) in [7, 11) is 3.40. The van der Waals surface area contributed by atoms with E-state index < -0.39 is 0 Å². The summed E-state index contributed by atoms with van der Waals surface area (Å²) in [5.41, 5.74) is 9.36. The van der Waals surface area contributed by atoms with Crippen LogP contribution in [0.25, 0.3) is 44.1 Å². The van der Waals surface area contributed by atoms with Crippen LogP contribution in [0, 0.1) is 13.8 Å². The molecule has 37 heavy (non-hydrogen) atoms. The SMILES string of the molecule is COc1ccc2c(-c3cccc(Sc4cccc(-c5c(C)[nH]c6cc(OC)ccc56)c4)c3)c(C)[nH]c2c1. The third-order valence-corrected chi connectivity index (χ3v) is 7.85. The Balaban J connectivity index is 1.34. The zero-order valence-electron chi connectivity index (χ0n) is 21.3. The Kier molecular flexibility index (Phi) is 5.93. The van der Waals surface area contributed by atoms with Crippen LogP contribution in [-0.2, 0) is 0 Å². The fraction of sp³-hybridized carbons (Fsp3) is 0.125. The van der Waals surface area contributed by atoms with Crippen LogP contribution < -0.4 is 9.47 Å². The first kappa shape index (κ1) is 23.3. The van der Waals surface area contributed by atoms with Gasteiger partial charge >= 0.3 is 0 Å². The van der Waals surface area contributed by atoms with Gasteiger partial charge in [-0.15, -0.1) is 0 Å². The van der Waals surface area contributed by atoms with Crippen molar-refractivity contribution >= 4 is 33.6 Å². The van der Waals surface area contributed by atoms with Gasteiger partial charge in [-0.2, -0.15) is 0 Å². The van der Waals surface area contributed by atoms with Crippen molar-refractivity contribution in [2.45, 2.75) is 23.6 Å². The largest absolute Gasteiger partial charge is 0.497 e. The number of methoxy groups -OCH3 is 2. The average molecular weight is 505 g/mol. The van der Waals surface area contributed by atoms with Gasteiger partial charge in [0.25, 0.3) is 0 Å². The highest BCUT2D eigenvalue weighted by Crippen LogP contribution is 2.39. The number of hydrogen-bond donors (Lipinski definition) is 2. The number of fused-ring (bicyclic) bond motifs is 2. The molecule has 0 saturated heterocycles. The molecule has 0 spiro atoms. The lowest BCUT2D eigenvalue weighted by Crippen LogP contribution is -1.84. The number of H-pyrrole nitrogens is 2. The average Bonchev–Trinajstić information content (AvgIpc) is 3.42. The summed E-state index contributed by atoms with van der Waals surface area (Å²) in [5.74, 6) is 1.71. The van der Waals surface area contributed by atoms with Crippen LogP contribution in [0.15, 0.2) is 94.7 Å². The van der Waals surface area contributed by atoms with Crippen molar-refractivity contribution in [2.24, 2.45) is 0 Å². The van der Waals surface area contributed by atoms with Gasteiger partial charge in [0.1, 0.15) is 11.5 Å². The molecule has 184 valence electrons. The van der Waals surface area contributed by atoms with E-state index >= 15 is 0 Å². The molecule has 6 rings (SSSR count). The second kappa shape index (κ2) is 9.41. The van der Waals surface area contributed by atoms with E-state index in [9.17, 15) is 0 Å². The van der Waals surface area contributed by atoms with E-state index in [0.29, 0.717) is 0 Å². The van der Waals surface area contributed by atoms with Crippen molar-refractivity contribution in [3.05, 3.63) is 96.3 Å². The maximum Gasteiger partial charge on any atom is 0.120 e. The molecule has 0 aliphatic heterocycles. The normalized spacial score (nSPS) is 11.4. The molecule has 2 aromatic heterocycles. The lowest BCUT2D eigenvalue weighted by molar-refractivity contribution is 0.415. The molecule has 5 heteroatoms. The van der Waals surface area contributed by atoms with Crippen LogP contribution in [0.4, 0.5) is 0 Å². The Morgan fingerprint density at radius 1 is 0.568 bits per heavy atom. The quantitative estimate of drug-likeness (QED) is 0.238. The molecule has 0 amide bonds. The van der Waals surface area contributed by atoms with Gasteiger partial charge in [0, 0.05) is 66.2 Å². The molecule has 6 aromatic rings. The first-order valence-corrected chi connectivity index (χ1v) is 13.1. The summed E-state index contributed by atoms with van der Waals surface area (Å²) in [6.45, 7) is 4.26. The molecule has 4 nitrogen and oxygen atoms in total. The van der Waals surface area contributed by atoms with E-state index in [4.69, 9.17) is 9.47 Å². The van der Waals surface area contributed by atoms with Crippen LogP contribution in [0.2, 0.25) is 0 Å². The van der Waals surface area contributed by atoms with E-state index in [1.807, 2.05) is 12.1 Å². The van der Waals surface area contributed by atoms with Gasteiger partial charge in [0.15, 0.2) is 0 Å². The summed E-state index contributed by atoms with van der Waals surface area (Å²) >= 11 is 1.78. The van der Waals surface area contributed by atoms with E-state index in [0.717, 1.165) is 33.9 Å². The van der Waals surface area contributed by atoms with E-state index in [1.54, 1.807) is 26.0 Å². The Morgan fingerprint density at radius 3 is 1.46 bits per heavy atom. The van der Waals surface area contributed by atoms with Gasteiger partial charge in [-0.1, -0.05) is 36.0 Å². The maximum atomic E-state index is 5.41. The van der Waals surface area contributed by atoms with Crippen molar-refractivity contribution in [3.63, 3.8) is 0 Å². The van der Waals surface area contributed by atoms with Crippen LogP contribution in [-0.4, -0.2) is 24.2 Å². The topological polar surface area (TPSA) is 50.0 Å². The molecular formula is C32H28N2O2S. The highest BCUT2D eigenvalue weighted by atomic mass is 32.2. The number of nitrogens with one attached hydrogen (secondary N) is 2. The van der Waals surface area contributed by atoms with Crippen LogP contribution >= 0.6 is 11.8 Å². The zero-order chi connectivity index (χ0) is 25.5. The Morgan fingerprint density at radius 2 is 1.03 bits per heavy atom. The molecule has 2 heterocycles. The molecule has 0 atom stereocenters. The Hall–Kier alpha value is -4.09. The van der Waals surface area contributed by atoms with Crippen molar-refractivity contribution in [1.29, 1.82) is 0 Å². The molecule has 0 bridgehead atoms. The molecule has 0 unspecified atom stereocenters. The lowest BCUT2D eigenvalue weighted by Gasteiger charge is -2.09. The van der Waals surface area contributed by atoms with E-state index in [2.05, 4.69) is 96.6 Å². The lowest BCUT2D eigenvalue weighted by atomic mass is 10.0. The summed E-state index contributed by atoms with van der Waals surface area (Å²) < 4.78 is 10.8. The number of aryl methyl sites for hydroxylation is 2. The van der Waals surface area contributed by atoms with E-state index in [1.165, 1.54) is 42.8 Å². The third kappa shape index (κ3) is 4.25. The summed E-state index contributed by atoms with van der Waals surface area (Å²) in [5, 5.41) is 2.41. The minimum Gasteiger partial charge on any atom is -0.497 e. The second-order valence-corrected chi connectivity index (χ2v) is 10.4. The van der Waals surface area contributed by atoms with Crippen LogP contribution in [0.3, 0.4) is 0 Å². The smallest absolute Gasteiger partial charge is 0.120 e. The molecule has 2 N–H and O–H groups in total. The molecule has 0 radical (unpaired) electrons. The fourth-order valence-electron chi connectivity index (χ4n) is 5.19. The highest BCUT2D eigenvalue weighted by molar-refractivity contribution is 7.99. The minimum absolute atomic E-state index is 0.856. The fourth-order valence-corrected chi connectivity index (χ4v) is 6.12. The van der Waals surface area contributed by atoms with Gasteiger partial charge in [-0.05, 0) is 73.5 Å². The number of benzene rings is 4. The molecule has 0 saturated carbocycles. The van der Waals surface area contributed by atoms with Crippen LogP contribution in [0.1, 0.15) is 11.4 Å². The van der Waals surface area contributed by atoms with Gasteiger partial charge in [0.2, 0.25) is 0 Å². The maximum absolute atomic E-state index is 5.41. The standard InChI is InChI=1S/C32H28N2O2S/c1-19-31(27-13-11-23(35-3)17-29(27)33-19)21-7-5-9-25(15-21)37-26-10-6-8-22(16-26)32-20(2)34-30-18-24(36-4)12-14-28(30)32/h5-18,33-34H,1-4H3. The number of hydrogen-bond acceptors (Lipinski definition) is 3. The first-order valence-electron chi connectivity index (χ1n) is 12.3. The third-order valence-electron chi connectivity index (χ3n) is 6.87. The molecule has 0 fully saturated rings. The number of ether oxygens (including phenoxy) is 2. The molecular weight excluding hydrogens is 476 g/mol.